The first-order chi connectivity index (χ1) is 8.02. The first-order valence-corrected chi connectivity index (χ1v) is 5.47. The molecule has 0 bridgehead atoms. The third-order valence-electron chi connectivity index (χ3n) is 2.55. The zero-order chi connectivity index (χ0) is 12.8. The van der Waals surface area contributed by atoms with Crippen molar-refractivity contribution in [1.82, 2.24) is 0 Å². The molecule has 0 aliphatic heterocycles. The van der Waals surface area contributed by atoms with E-state index in [4.69, 9.17) is 5.73 Å². The van der Waals surface area contributed by atoms with Crippen LogP contribution in [0.15, 0.2) is 24.3 Å². The van der Waals surface area contributed by atoms with Gasteiger partial charge in [-0.2, -0.15) is 0 Å². The molecule has 1 aromatic rings. The molecule has 1 aromatic carbocycles. The summed E-state index contributed by atoms with van der Waals surface area (Å²) in [6.45, 7) is 1.82. The van der Waals surface area contributed by atoms with E-state index in [2.05, 4.69) is 4.74 Å². The predicted octanol–water partition coefficient (Wildman–Crippen LogP) is 1.07. The number of carbonyl (C=O) groups excluding carboxylic acids is 2. The summed E-state index contributed by atoms with van der Waals surface area (Å²) in [5.74, 6) is -0.728. The Morgan fingerprint density at radius 2 is 1.76 bits per heavy atom. The average Bonchev–Trinajstić information content (AvgIpc) is 2.30. The van der Waals surface area contributed by atoms with Crippen LogP contribution in [0.5, 0.6) is 0 Å². The fraction of sp³-hybridized carbons (Fsp3) is 0.385. The molecule has 17 heavy (non-hydrogen) atoms. The van der Waals surface area contributed by atoms with Crippen LogP contribution in [0.3, 0.4) is 0 Å². The van der Waals surface area contributed by atoms with Gasteiger partial charge in [0.2, 0.25) is 5.91 Å². The second kappa shape index (κ2) is 6.03. The molecule has 0 aromatic heterocycles. The topological polar surface area (TPSA) is 69.4 Å². The van der Waals surface area contributed by atoms with E-state index in [1.54, 1.807) is 0 Å². The highest BCUT2D eigenvalue weighted by atomic mass is 16.5. The first-order valence-electron chi connectivity index (χ1n) is 5.47. The van der Waals surface area contributed by atoms with E-state index >= 15 is 0 Å². The van der Waals surface area contributed by atoms with E-state index in [0.29, 0.717) is 6.42 Å². The number of nitrogens with two attached hydrogens (primary N) is 1. The van der Waals surface area contributed by atoms with Gasteiger partial charge >= 0.3 is 5.97 Å². The molecule has 0 aliphatic carbocycles. The van der Waals surface area contributed by atoms with Crippen molar-refractivity contribution < 1.29 is 14.3 Å². The lowest BCUT2D eigenvalue weighted by Crippen LogP contribution is -2.15. The number of hydrogen-bond acceptors (Lipinski definition) is 3. The molecular formula is C13H17NO3. The Morgan fingerprint density at radius 3 is 2.24 bits per heavy atom. The molecule has 92 valence electrons. The summed E-state index contributed by atoms with van der Waals surface area (Å²) >= 11 is 0. The maximum Gasteiger partial charge on any atom is 0.308 e. The van der Waals surface area contributed by atoms with Crippen LogP contribution in [0.25, 0.3) is 0 Å². The minimum Gasteiger partial charge on any atom is -0.469 e. The van der Waals surface area contributed by atoms with Gasteiger partial charge in [-0.25, -0.2) is 0 Å². The molecule has 1 rings (SSSR count). The van der Waals surface area contributed by atoms with Crippen molar-refractivity contribution >= 4 is 11.9 Å². The standard InChI is InChI=1S/C13H17NO3/c1-9(13(16)17-2)7-10-3-5-11(6-4-10)8-12(14)15/h3-6,9H,7-8H2,1-2H3,(H2,14,15). The van der Waals surface area contributed by atoms with Crippen molar-refractivity contribution in [2.75, 3.05) is 7.11 Å². The number of esters is 1. The van der Waals surface area contributed by atoms with Crippen LogP contribution in [-0.4, -0.2) is 19.0 Å². The normalized spacial score (nSPS) is 11.9. The summed E-state index contributed by atoms with van der Waals surface area (Å²) in [6, 6.07) is 7.50. The van der Waals surface area contributed by atoms with Crippen molar-refractivity contribution in [3.05, 3.63) is 35.4 Å². The quantitative estimate of drug-likeness (QED) is 0.776. The monoisotopic (exact) mass is 235 g/mol. The van der Waals surface area contributed by atoms with Gasteiger partial charge in [0.05, 0.1) is 19.4 Å². The summed E-state index contributed by atoms with van der Waals surface area (Å²) in [4.78, 5) is 22.0. The Labute approximate surface area is 101 Å². The van der Waals surface area contributed by atoms with Crippen LogP contribution in [0.1, 0.15) is 18.1 Å². The maximum atomic E-state index is 11.2. The van der Waals surface area contributed by atoms with Crippen molar-refractivity contribution in [2.24, 2.45) is 11.7 Å². The number of methoxy groups -OCH3 is 1. The third kappa shape index (κ3) is 4.26. The lowest BCUT2D eigenvalue weighted by molar-refractivity contribution is -0.144. The molecule has 4 nitrogen and oxygen atoms in total. The summed E-state index contributed by atoms with van der Waals surface area (Å²) in [6.07, 6.45) is 0.871. The molecule has 0 radical (unpaired) electrons. The predicted molar refractivity (Wildman–Crippen MR) is 64.2 cm³/mol. The van der Waals surface area contributed by atoms with Crippen LogP contribution in [0.2, 0.25) is 0 Å². The SMILES string of the molecule is COC(=O)C(C)Cc1ccc(CC(N)=O)cc1. The van der Waals surface area contributed by atoms with Gasteiger partial charge in [-0.05, 0) is 17.5 Å². The minimum atomic E-state index is -0.347. The average molecular weight is 235 g/mol. The second-order valence-electron chi connectivity index (χ2n) is 4.09. The van der Waals surface area contributed by atoms with Gasteiger partial charge in [0, 0.05) is 0 Å². The van der Waals surface area contributed by atoms with Gasteiger partial charge in [-0.3, -0.25) is 9.59 Å². The summed E-state index contributed by atoms with van der Waals surface area (Å²) in [5.41, 5.74) is 7.02. The fourth-order valence-corrected chi connectivity index (χ4v) is 1.63. The Balaban J connectivity index is 2.62. The van der Waals surface area contributed by atoms with E-state index < -0.39 is 0 Å². The van der Waals surface area contributed by atoms with Gasteiger partial charge in [-0.1, -0.05) is 31.2 Å². The van der Waals surface area contributed by atoms with Crippen molar-refractivity contribution in [3.8, 4) is 0 Å². The molecular weight excluding hydrogens is 218 g/mol. The highest BCUT2D eigenvalue weighted by molar-refractivity contribution is 5.76. The van der Waals surface area contributed by atoms with Crippen molar-refractivity contribution in [3.63, 3.8) is 0 Å². The van der Waals surface area contributed by atoms with Crippen molar-refractivity contribution in [2.45, 2.75) is 19.8 Å². The third-order valence-corrected chi connectivity index (χ3v) is 2.55. The first kappa shape index (κ1) is 13.2. The summed E-state index contributed by atoms with van der Waals surface area (Å²) in [7, 11) is 1.38. The van der Waals surface area contributed by atoms with Gasteiger partial charge in [0.15, 0.2) is 0 Å². The Kier molecular flexibility index (Phi) is 4.69. The van der Waals surface area contributed by atoms with Gasteiger partial charge in [0.25, 0.3) is 0 Å². The number of hydrogen-bond donors (Lipinski definition) is 1. The zero-order valence-electron chi connectivity index (χ0n) is 10.1. The van der Waals surface area contributed by atoms with Gasteiger partial charge < -0.3 is 10.5 Å². The molecule has 0 saturated carbocycles. The molecule has 0 aliphatic rings. The molecule has 0 spiro atoms. The molecule has 0 saturated heterocycles. The van der Waals surface area contributed by atoms with E-state index in [0.717, 1.165) is 11.1 Å². The number of amides is 1. The number of carbonyl (C=O) groups is 2. The smallest absolute Gasteiger partial charge is 0.308 e. The fourth-order valence-electron chi connectivity index (χ4n) is 1.63. The molecule has 0 fully saturated rings. The van der Waals surface area contributed by atoms with E-state index in [-0.39, 0.29) is 24.2 Å². The second-order valence-corrected chi connectivity index (χ2v) is 4.09. The van der Waals surface area contributed by atoms with Crippen LogP contribution < -0.4 is 5.73 Å². The zero-order valence-corrected chi connectivity index (χ0v) is 10.1. The molecule has 4 heteroatoms. The maximum absolute atomic E-state index is 11.2. The molecule has 1 unspecified atom stereocenters. The van der Waals surface area contributed by atoms with Crippen LogP contribution in [-0.2, 0) is 27.2 Å². The van der Waals surface area contributed by atoms with Crippen LogP contribution >= 0.6 is 0 Å². The molecule has 0 heterocycles. The van der Waals surface area contributed by atoms with E-state index in [1.807, 2.05) is 31.2 Å². The Morgan fingerprint density at radius 1 is 1.24 bits per heavy atom. The summed E-state index contributed by atoms with van der Waals surface area (Å²) in [5, 5.41) is 0. The van der Waals surface area contributed by atoms with Gasteiger partial charge in [0.1, 0.15) is 0 Å². The highest BCUT2D eigenvalue weighted by Gasteiger charge is 2.13. The number of benzene rings is 1. The van der Waals surface area contributed by atoms with Crippen molar-refractivity contribution in [1.29, 1.82) is 0 Å². The lowest BCUT2D eigenvalue weighted by Gasteiger charge is -2.09. The van der Waals surface area contributed by atoms with Crippen LogP contribution in [0.4, 0.5) is 0 Å². The molecule has 1 atom stereocenters. The lowest BCUT2D eigenvalue weighted by atomic mass is 9.99. The minimum absolute atomic E-state index is 0.165. The number of rotatable bonds is 5. The Bertz CT molecular complexity index is 398. The van der Waals surface area contributed by atoms with E-state index in [1.165, 1.54) is 7.11 Å². The largest absolute Gasteiger partial charge is 0.469 e. The number of primary amides is 1. The van der Waals surface area contributed by atoms with Crippen LogP contribution in [0, 0.1) is 5.92 Å². The number of ether oxygens (including phenoxy) is 1. The van der Waals surface area contributed by atoms with E-state index in [9.17, 15) is 9.59 Å². The molecule has 2 N–H and O–H groups in total. The highest BCUT2D eigenvalue weighted by Crippen LogP contribution is 2.11. The molecule has 1 amide bonds. The summed E-state index contributed by atoms with van der Waals surface area (Å²) < 4.78 is 4.66. The Hall–Kier alpha value is -1.84. The van der Waals surface area contributed by atoms with Gasteiger partial charge in [-0.15, -0.1) is 0 Å².